The molecule has 140 valence electrons. The van der Waals surface area contributed by atoms with Crippen LogP contribution in [0.4, 0.5) is 5.69 Å². The largest absolute Gasteiger partial charge is 0.338 e. The quantitative estimate of drug-likeness (QED) is 0.829. The summed E-state index contributed by atoms with van der Waals surface area (Å²) in [6.45, 7) is 7.28. The monoisotopic (exact) mass is 387 g/mol. The second-order valence-electron chi connectivity index (χ2n) is 7.61. The maximum absolute atomic E-state index is 12.7. The minimum Gasteiger partial charge on any atom is -0.338 e. The number of halogens is 2. The smallest absolute Gasteiger partial charge is 0.255 e. The summed E-state index contributed by atoms with van der Waals surface area (Å²) in [6.07, 6.45) is 2.00. The average molecular weight is 388 g/mol. The van der Waals surface area contributed by atoms with E-state index in [1.807, 2.05) is 20.8 Å². The van der Waals surface area contributed by atoms with Crippen molar-refractivity contribution in [2.24, 2.45) is 11.1 Å². The predicted molar refractivity (Wildman–Crippen MR) is 105 cm³/mol. The van der Waals surface area contributed by atoms with Crippen molar-refractivity contribution >= 4 is 41.5 Å². The first-order valence-corrected chi connectivity index (χ1v) is 8.68. The first kappa shape index (κ1) is 21.7. The molecule has 3 N–H and O–H groups in total. The SMILES string of the molecule is CC(C)(C)CC(=O)Nc1ccc(Cl)c(C(=O)N2CCC(N)CC2)c1.Cl. The van der Waals surface area contributed by atoms with E-state index in [9.17, 15) is 9.59 Å². The summed E-state index contributed by atoms with van der Waals surface area (Å²) in [6, 6.07) is 5.18. The minimum atomic E-state index is -0.112. The summed E-state index contributed by atoms with van der Waals surface area (Å²) >= 11 is 6.20. The van der Waals surface area contributed by atoms with Gasteiger partial charge in [-0.2, -0.15) is 0 Å². The number of likely N-dealkylation sites (tertiary alicyclic amines) is 1. The Labute approximate surface area is 160 Å². The number of benzene rings is 1. The molecule has 1 aliphatic rings. The fourth-order valence-electron chi connectivity index (χ4n) is 2.73. The van der Waals surface area contributed by atoms with E-state index in [2.05, 4.69) is 5.32 Å². The van der Waals surface area contributed by atoms with Crippen LogP contribution >= 0.6 is 24.0 Å². The van der Waals surface area contributed by atoms with Crippen LogP contribution in [0.1, 0.15) is 50.4 Å². The number of hydrogen-bond donors (Lipinski definition) is 2. The van der Waals surface area contributed by atoms with Gasteiger partial charge in [0.05, 0.1) is 10.6 Å². The zero-order valence-electron chi connectivity index (χ0n) is 15.0. The van der Waals surface area contributed by atoms with Crippen LogP contribution < -0.4 is 11.1 Å². The number of amides is 2. The summed E-state index contributed by atoms with van der Waals surface area (Å²) in [5.74, 6) is -0.189. The second kappa shape index (κ2) is 8.88. The van der Waals surface area contributed by atoms with Gasteiger partial charge in [-0.1, -0.05) is 32.4 Å². The lowest BCUT2D eigenvalue weighted by Crippen LogP contribution is -2.42. The van der Waals surface area contributed by atoms with Crippen molar-refractivity contribution < 1.29 is 9.59 Å². The third-order valence-electron chi connectivity index (χ3n) is 4.00. The van der Waals surface area contributed by atoms with Crippen LogP contribution in [0.5, 0.6) is 0 Å². The van der Waals surface area contributed by atoms with Crippen LogP contribution in [0.25, 0.3) is 0 Å². The van der Waals surface area contributed by atoms with Crippen LogP contribution in [0.15, 0.2) is 18.2 Å². The summed E-state index contributed by atoms with van der Waals surface area (Å²) in [5.41, 5.74) is 6.79. The van der Waals surface area contributed by atoms with Crippen molar-refractivity contribution in [1.29, 1.82) is 0 Å². The Kier molecular flexibility index (Phi) is 7.72. The predicted octanol–water partition coefficient (Wildman–Crippen LogP) is 3.70. The van der Waals surface area contributed by atoms with Gasteiger partial charge >= 0.3 is 0 Å². The van der Waals surface area contributed by atoms with Crippen molar-refractivity contribution in [3.63, 3.8) is 0 Å². The maximum Gasteiger partial charge on any atom is 0.255 e. The van der Waals surface area contributed by atoms with Gasteiger partial charge in [-0.3, -0.25) is 9.59 Å². The van der Waals surface area contributed by atoms with Crippen LogP contribution in [-0.2, 0) is 4.79 Å². The Balaban J connectivity index is 0.00000312. The normalized spacial score (nSPS) is 15.5. The molecule has 0 aliphatic carbocycles. The molecule has 1 heterocycles. The Morgan fingerprint density at radius 3 is 2.44 bits per heavy atom. The third-order valence-corrected chi connectivity index (χ3v) is 4.33. The van der Waals surface area contributed by atoms with E-state index in [4.69, 9.17) is 17.3 Å². The summed E-state index contributed by atoms with van der Waals surface area (Å²) in [7, 11) is 0. The molecule has 0 radical (unpaired) electrons. The molecule has 0 saturated carbocycles. The maximum atomic E-state index is 12.7. The Bertz CT molecular complexity index is 621. The lowest BCUT2D eigenvalue weighted by molar-refractivity contribution is -0.117. The molecule has 1 aromatic carbocycles. The van der Waals surface area contributed by atoms with E-state index in [1.54, 1.807) is 23.1 Å². The van der Waals surface area contributed by atoms with Crippen molar-refractivity contribution in [3.8, 4) is 0 Å². The third kappa shape index (κ3) is 6.49. The van der Waals surface area contributed by atoms with E-state index in [1.165, 1.54) is 0 Å². The topological polar surface area (TPSA) is 75.4 Å². The molecule has 2 rings (SSSR count). The molecule has 1 fully saturated rings. The van der Waals surface area contributed by atoms with E-state index < -0.39 is 0 Å². The van der Waals surface area contributed by atoms with Gasteiger partial charge in [0, 0.05) is 31.2 Å². The van der Waals surface area contributed by atoms with Crippen molar-refractivity contribution in [2.75, 3.05) is 18.4 Å². The molecule has 2 amide bonds. The highest BCUT2D eigenvalue weighted by Gasteiger charge is 2.24. The number of carbonyl (C=O) groups is 2. The molecule has 5 nitrogen and oxygen atoms in total. The Morgan fingerprint density at radius 1 is 1.28 bits per heavy atom. The van der Waals surface area contributed by atoms with E-state index in [0.717, 1.165) is 12.8 Å². The molecule has 1 aromatic rings. The molecule has 25 heavy (non-hydrogen) atoms. The van der Waals surface area contributed by atoms with Gasteiger partial charge in [-0.05, 0) is 36.5 Å². The van der Waals surface area contributed by atoms with Crippen molar-refractivity contribution in [2.45, 2.75) is 46.1 Å². The minimum absolute atomic E-state index is 0. The zero-order chi connectivity index (χ0) is 17.9. The first-order valence-electron chi connectivity index (χ1n) is 8.30. The van der Waals surface area contributed by atoms with E-state index >= 15 is 0 Å². The summed E-state index contributed by atoms with van der Waals surface area (Å²) in [5, 5.41) is 3.23. The van der Waals surface area contributed by atoms with Crippen LogP contribution in [0.2, 0.25) is 5.02 Å². The Hall–Kier alpha value is -1.30. The molecular weight excluding hydrogens is 361 g/mol. The number of rotatable bonds is 3. The molecule has 7 heteroatoms. The molecule has 1 saturated heterocycles. The number of nitrogens with one attached hydrogen (secondary N) is 1. The summed E-state index contributed by atoms with van der Waals surface area (Å²) < 4.78 is 0. The zero-order valence-corrected chi connectivity index (χ0v) is 16.5. The van der Waals surface area contributed by atoms with Crippen molar-refractivity contribution in [1.82, 2.24) is 4.90 Å². The lowest BCUT2D eigenvalue weighted by atomic mass is 9.92. The molecule has 0 atom stereocenters. The van der Waals surface area contributed by atoms with Gasteiger partial charge < -0.3 is 16.0 Å². The number of carbonyl (C=O) groups excluding carboxylic acids is 2. The van der Waals surface area contributed by atoms with Gasteiger partial charge in [0.25, 0.3) is 5.91 Å². The van der Waals surface area contributed by atoms with Crippen LogP contribution in [0.3, 0.4) is 0 Å². The molecule has 0 spiro atoms. The fraction of sp³-hybridized carbons (Fsp3) is 0.556. The number of nitrogens with zero attached hydrogens (tertiary/aromatic N) is 1. The van der Waals surface area contributed by atoms with Gasteiger partial charge in [0.1, 0.15) is 0 Å². The number of piperidine rings is 1. The van der Waals surface area contributed by atoms with Crippen LogP contribution in [-0.4, -0.2) is 35.8 Å². The highest BCUT2D eigenvalue weighted by Crippen LogP contribution is 2.25. The van der Waals surface area contributed by atoms with Gasteiger partial charge in [0.2, 0.25) is 5.91 Å². The number of anilines is 1. The molecule has 0 unspecified atom stereocenters. The number of hydrogen-bond acceptors (Lipinski definition) is 3. The highest BCUT2D eigenvalue weighted by molar-refractivity contribution is 6.34. The van der Waals surface area contributed by atoms with E-state index in [0.29, 0.717) is 35.8 Å². The lowest BCUT2D eigenvalue weighted by Gasteiger charge is -2.30. The van der Waals surface area contributed by atoms with Crippen molar-refractivity contribution in [3.05, 3.63) is 28.8 Å². The fourth-order valence-corrected chi connectivity index (χ4v) is 2.93. The summed E-state index contributed by atoms with van der Waals surface area (Å²) in [4.78, 5) is 26.5. The Morgan fingerprint density at radius 2 is 1.88 bits per heavy atom. The molecule has 0 bridgehead atoms. The standard InChI is InChI=1S/C18H26ClN3O2.ClH/c1-18(2,3)11-16(23)21-13-4-5-15(19)14(10-13)17(24)22-8-6-12(20)7-9-22;/h4-5,10,12H,6-9,11,20H2,1-3H3,(H,21,23);1H. The highest BCUT2D eigenvalue weighted by atomic mass is 35.5. The molecule has 0 aromatic heterocycles. The second-order valence-corrected chi connectivity index (χ2v) is 8.02. The van der Waals surface area contributed by atoms with Gasteiger partial charge in [-0.15, -0.1) is 12.4 Å². The molecular formula is C18H27Cl2N3O2. The van der Waals surface area contributed by atoms with Crippen LogP contribution in [0, 0.1) is 5.41 Å². The van der Waals surface area contributed by atoms with E-state index in [-0.39, 0.29) is 35.7 Å². The number of nitrogens with two attached hydrogens (primary N) is 1. The molecule has 1 aliphatic heterocycles. The average Bonchev–Trinajstić information content (AvgIpc) is 2.47. The van der Waals surface area contributed by atoms with Gasteiger partial charge in [-0.25, -0.2) is 0 Å². The van der Waals surface area contributed by atoms with Gasteiger partial charge in [0.15, 0.2) is 0 Å². The first-order chi connectivity index (χ1) is 11.2.